The van der Waals surface area contributed by atoms with Crippen molar-refractivity contribution in [2.24, 2.45) is 0 Å². The summed E-state index contributed by atoms with van der Waals surface area (Å²) in [4.78, 5) is 8.27. The minimum atomic E-state index is 0.674. The summed E-state index contributed by atoms with van der Waals surface area (Å²) in [6.07, 6.45) is 3.46. The molecule has 0 unspecified atom stereocenters. The Morgan fingerprint density at radius 3 is 2.83 bits per heavy atom. The van der Waals surface area contributed by atoms with Crippen LogP contribution in [0.3, 0.4) is 0 Å². The maximum absolute atomic E-state index is 5.72. The number of hydrogen-bond acceptors (Lipinski definition) is 4. The van der Waals surface area contributed by atoms with Gasteiger partial charge in [0, 0.05) is 17.8 Å². The van der Waals surface area contributed by atoms with Crippen LogP contribution in [0.1, 0.15) is 0 Å². The number of nitrogens with zero attached hydrogens (tertiary/aromatic N) is 2. The lowest BCUT2D eigenvalue weighted by molar-refractivity contribution is 1.29. The first kappa shape index (κ1) is 7.24. The molecular formula is C8H7N3S. The quantitative estimate of drug-likeness (QED) is 0.722. The average Bonchev–Trinajstić information content (AvgIpc) is 2.57. The van der Waals surface area contributed by atoms with Gasteiger partial charge in [-0.25, -0.2) is 4.98 Å². The van der Waals surface area contributed by atoms with Crippen LogP contribution in [-0.2, 0) is 0 Å². The number of pyridine rings is 1. The Morgan fingerprint density at radius 1 is 1.25 bits per heavy atom. The first-order chi connectivity index (χ1) is 5.88. The van der Waals surface area contributed by atoms with Crippen molar-refractivity contribution in [1.82, 2.24) is 9.97 Å². The molecule has 12 heavy (non-hydrogen) atoms. The van der Waals surface area contributed by atoms with Crippen molar-refractivity contribution in [2.45, 2.75) is 0 Å². The van der Waals surface area contributed by atoms with Gasteiger partial charge in [0.2, 0.25) is 0 Å². The average molecular weight is 177 g/mol. The van der Waals surface area contributed by atoms with E-state index in [1.165, 1.54) is 11.3 Å². The van der Waals surface area contributed by atoms with Gasteiger partial charge in [-0.2, -0.15) is 0 Å². The first-order valence-electron chi connectivity index (χ1n) is 3.48. The van der Waals surface area contributed by atoms with Crippen molar-refractivity contribution in [3.8, 4) is 10.7 Å². The van der Waals surface area contributed by atoms with Gasteiger partial charge in [0.1, 0.15) is 10.7 Å². The Labute approximate surface area is 73.9 Å². The van der Waals surface area contributed by atoms with Crippen LogP contribution >= 0.6 is 11.3 Å². The lowest BCUT2D eigenvalue weighted by atomic mass is 10.3. The second kappa shape index (κ2) is 2.91. The van der Waals surface area contributed by atoms with Crippen molar-refractivity contribution < 1.29 is 0 Å². The summed E-state index contributed by atoms with van der Waals surface area (Å²) in [5, 5.41) is 2.77. The van der Waals surface area contributed by atoms with Gasteiger partial charge in [0.15, 0.2) is 0 Å². The molecule has 0 amide bonds. The summed E-state index contributed by atoms with van der Waals surface area (Å²) >= 11 is 1.54. The van der Waals surface area contributed by atoms with E-state index in [1.807, 2.05) is 17.5 Å². The smallest absolute Gasteiger partial charge is 0.143 e. The van der Waals surface area contributed by atoms with Crippen molar-refractivity contribution in [1.29, 1.82) is 0 Å². The van der Waals surface area contributed by atoms with E-state index in [0.717, 1.165) is 10.7 Å². The molecule has 0 spiro atoms. The number of hydrogen-bond donors (Lipinski definition) is 1. The zero-order chi connectivity index (χ0) is 8.39. The molecule has 0 fully saturated rings. The largest absolute Gasteiger partial charge is 0.397 e. The third kappa shape index (κ3) is 1.16. The monoisotopic (exact) mass is 177 g/mol. The molecule has 2 aromatic rings. The molecule has 2 aromatic heterocycles. The van der Waals surface area contributed by atoms with Gasteiger partial charge in [-0.05, 0) is 12.1 Å². The Balaban J connectivity index is 2.55. The summed E-state index contributed by atoms with van der Waals surface area (Å²) in [5.41, 5.74) is 7.16. The SMILES string of the molecule is Nc1cccnc1-c1nccs1. The molecule has 2 N–H and O–H groups in total. The number of nitrogen functional groups attached to an aromatic ring is 1. The Bertz CT molecular complexity index is 370. The molecule has 0 bridgehead atoms. The summed E-state index contributed by atoms with van der Waals surface area (Å²) < 4.78 is 0. The third-order valence-corrected chi connectivity index (χ3v) is 2.25. The molecule has 0 atom stereocenters. The highest BCUT2D eigenvalue weighted by Gasteiger charge is 2.04. The van der Waals surface area contributed by atoms with E-state index in [-0.39, 0.29) is 0 Å². The second-order valence-corrected chi connectivity index (χ2v) is 3.17. The standard InChI is InChI=1S/C8H7N3S/c9-6-2-1-3-10-7(6)8-11-4-5-12-8/h1-5H,9H2. The second-order valence-electron chi connectivity index (χ2n) is 2.28. The number of rotatable bonds is 1. The molecule has 0 saturated carbocycles. The Kier molecular flexibility index (Phi) is 1.75. The van der Waals surface area contributed by atoms with Crippen LogP contribution in [0.4, 0.5) is 5.69 Å². The van der Waals surface area contributed by atoms with E-state index in [1.54, 1.807) is 12.4 Å². The molecule has 0 aliphatic carbocycles. The predicted octanol–water partition coefficient (Wildman–Crippen LogP) is 1.79. The zero-order valence-corrected chi connectivity index (χ0v) is 7.08. The van der Waals surface area contributed by atoms with Crippen molar-refractivity contribution >= 4 is 17.0 Å². The maximum Gasteiger partial charge on any atom is 0.143 e. The fraction of sp³-hybridized carbons (Fsp3) is 0. The molecule has 3 nitrogen and oxygen atoms in total. The lowest BCUT2D eigenvalue weighted by Gasteiger charge is -1.97. The van der Waals surface area contributed by atoms with E-state index in [4.69, 9.17) is 5.73 Å². The van der Waals surface area contributed by atoms with Crippen LogP contribution in [-0.4, -0.2) is 9.97 Å². The van der Waals surface area contributed by atoms with Crippen molar-refractivity contribution in [2.75, 3.05) is 5.73 Å². The molecule has 60 valence electrons. The minimum absolute atomic E-state index is 0.674. The molecule has 2 rings (SSSR count). The first-order valence-corrected chi connectivity index (χ1v) is 4.36. The molecule has 0 aliphatic rings. The van der Waals surface area contributed by atoms with Crippen LogP contribution in [0.2, 0.25) is 0 Å². The number of thiazole rings is 1. The highest BCUT2D eigenvalue weighted by molar-refractivity contribution is 7.13. The van der Waals surface area contributed by atoms with Gasteiger partial charge in [-0.15, -0.1) is 11.3 Å². The van der Waals surface area contributed by atoms with Gasteiger partial charge >= 0.3 is 0 Å². The topological polar surface area (TPSA) is 51.8 Å². The van der Waals surface area contributed by atoms with E-state index >= 15 is 0 Å². The fourth-order valence-corrected chi connectivity index (χ4v) is 1.59. The van der Waals surface area contributed by atoms with Gasteiger partial charge < -0.3 is 5.73 Å². The Hall–Kier alpha value is -1.42. The Morgan fingerprint density at radius 2 is 2.17 bits per heavy atom. The van der Waals surface area contributed by atoms with E-state index in [9.17, 15) is 0 Å². The zero-order valence-electron chi connectivity index (χ0n) is 6.27. The highest BCUT2D eigenvalue weighted by Crippen LogP contribution is 2.24. The van der Waals surface area contributed by atoms with Crippen molar-refractivity contribution in [3.05, 3.63) is 29.9 Å². The van der Waals surface area contributed by atoms with Crippen LogP contribution < -0.4 is 5.73 Å². The normalized spacial score (nSPS) is 10.0. The summed E-state index contributed by atoms with van der Waals surface area (Å²) in [5.74, 6) is 0. The predicted molar refractivity (Wildman–Crippen MR) is 49.8 cm³/mol. The van der Waals surface area contributed by atoms with Crippen molar-refractivity contribution in [3.63, 3.8) is 0 Å². The van der Waals surface area contributed by atoms with Gasteiger partial charge in [-0.3, -0.25) is 4.98 Å². The molecule has 0 radical (unpaired) electrons. The molecule has 2 heterocycles. The summed E-state index contributed by atoms with van der Waals surface area (Å²) in [7, 11) is 0. The fourth-order valence-electron chi connectivity index (χ4n) is 0.937. The minimum Gasteiger partial charge on any atom is -0.397 e. The molecule has 0 aromatic carbocycles. The van der Waals surface area contributed by atoms with E-state index in [2.05, 4.69) is 9.97 Å². The molecule has 0 saturated heterocycles. The molecular weight excluding hydrogens is 170 g/mol. The van der Waals surface area contributed by atoms with Crippen LogP contribution in [0.15, 0.2) is 29.9 Å². The highest BCUT2D eigenvalue weighted by atomic mass is 32.1. The summed E-state index contributed by atoms with van der Waals surface area (Å²) in [6.45, 7) is 0. The third-order valence-electron chi connectivity index (χ3n) is 1.47. The number of nitrogens with two attached hydrogens (primary N) is 1. The van der Waals surface area contributed by atoms with Gasteiger partial charge in [0.05, 0.1) is 5.69 Å². The number of aromatic nitrogens is 2. The summed E-state index contributed by atoms with van der Waals surface area (Å²) in [6, 6.07) is 3.64. The number of anilines is 1. The van der Waals surface area contributed by atoms with Gasteiger partial charge in [0.25, 0.3) is 0 Å². The van der Waals surface area contributed by atoms with Crippen LogP contribution in [0.5, 0.6) is 0 Å². The van der Waals surface area contributed by atoms with Gasteiger partial charge in [-0.1, -0.05) is 0 Å². The maximum atomic E-state index is 5.72. The van der Waals surface area contributed by atoms with Crippen LogP contribution in [0, 0.1) is 0 Å². The molecule has 0 aliphatic heterocycles. The molecule has 4 heteroatoms. The van der Waals surface area contributed by atoms with E-state index < -0.39 is 0 Å². The van der Waals surface area contributed by atoms with E-state index in [0.29, 0.717) is 5.69 Å². The lowest BCUT2D eigenvalue weighted by Crippen LogP contribution is -1.91. The van der Waals surface area contributed by atoms with Crippen LogP contribution in [0.25, 0.3) is 10.7 Å².